The SMILES string of the molecule is CC(CCNC(=O)N1CCC(c2nncn2C)CC1)N1CCCCC1. The Balaban J connectivity index is 1.36. The Morgan fingerprint density at radius 1 is 1.24 bits per heavy atom. The normalized spacial score (nSPS) is 21.3. The minimum Gasteiger partial charge on any atom is -0.338 e. The Labute approximate surface area is 150 Å². The molecule has 2 amide bonds. The third-order valence-electron chi connectivity index (χ3n) is 5.75. The molecular weight excluding hydrogens is 316 g/mol. The number of carbonyl (C=O) groups is 1. The molecule has 0 radical (unpaired) electrons. The van der Waals surface area contributed by atoms with E-state index in [0.29, 0.717) is 12.0 Å². The Hall–Kier alpha value is -1.63. The number of piperidine rings is 2. The molecule has 3 heterocycles. The Kier molecular flexibility index (Phi) is 6.29. The van der Waals surface area contributed by atoms with Gasteiger partial charge in [0.05, 0.1) is 0 Å². The lowest BCUT2D eigenvalue weighted by Gasteiger charge is -2.33. The van der Waals surface area contributed by atoms with Crippen molar-refractivity contribution in [3.63, 3.8) is 0 Å². The Morgan fingerprint density at radius 3 is 2.60 bits per heavy atom. The second kappa shape index (κ2) is 8.65. The highest BCUT2D eigenvalue weighted by atomic mass is 16.2. The number of urea groups is 1. The number of nitrogens with zero attached hydrogens (tertiary/aromatic N) is 5. The van der Waals surface area contributed by atoms with E-state index in [1.165, 1.54) is 32.4 Å². The molecule has 25 heavy (non-hydrogen) atoms. The lowest BCUT2D eigenvalue weighted by Crippen LogP contribution is -2.46. The lowest BCUT2D eigenvalue weighted by atomic mass is 9.96. The van der Waals surface area contributed by atoms with E-state index in [1.54, 1.807) is 6.33 Å². The summed E-state index contributed by atoms with van der Waals surface area (Å²) >= 11 is 0. The van der Waals surface area contributed by atoms with Gasteiger partial charge in [0.25, 0.3) is 0 Å². The van der Waals surface area contributed by atoms with Crippen LogP contribution < -0.4 is 5.32 Å². The van der Waals surface area contributed by atoms with Gasteiger partial charge in [0.15, 0.2) is 0 Å². The van der Waals surface area contributed by atoms with Gasteiger partial charge in [-0.1, -0.05) is 6.42 Å². The molecule has 7 heteroatoms. The van der Waals surface area contributed by atoms with E-state index in [-0.39, 0.29) is 6.03 Å². The number of hydrogen-bond donors (Lipinski definition) is 1. The summed E-state index contributed by atoms with van der Waals surface area (Å²) in [4.78, 5) is 16.9. The van der Waals surface area contributed by atoms with Gasteiger partial charge < -0.3 is 19.7 Å². The predicted molar refractivity (Wildman–Crippen MR) is 97.5 cm³/mol. The molecule has 1 aromatic rings. The molecule has 7 nitrogen and oxygen atoms in total. The van der Waals surface area contributed by atoms with Crippen molar-refractivity contribution in [3.05, 3.63) is 12.2 Å². The summed E-state index contributed by atoms with van der Waals surface area (Å²) in [6, 6.07) is 0.643. The first-order valence-corrected chi connectivity index (χ1v) is 9.76. The van der Waals surface area contributed by atoms with Crippen molar-refractivity contribution in [2.75, 3.05) is 32.7 Å². The van der Waals surface area contributed by atoms with Gasteiger partial charge in [-0.3, -0.25) is 0 Å². The molecule has 2 aliphatic heterocycles. The van der Waals surface area contributed by atoms with Gasteiger partial charge >= 0.3 is 6.03 Å². The summed E-state index contributed by atoms with van der Waals surface area (Å²) in [5.74, 6) is 1.45. The monoisotopic (exact) mass is 348 g/mol. The first-order valence-electron chi connectivity index (χ1n) is 9.76. The highest BCUT2D eigenvalue weighted by molar-refractivity contribution is 5.74. The molecule has 1 unspecified atom stereocenters. The van der Waals surface area contributed by atoms with E-state index < -0.39 is 0 Å². The number of rotatable bonds is 5. The maximum Gasteiger partial charge on any atom is 0.317 e. The minimum atomic E-state index is 0.0854. The second-order valence-electron chi connectivity index (χ2n) is 7.53. The van der Waals surface area contributed by atoms with E-state index in [4.69, 9.17) is 0 Å². The average molecular weight is 348 g/mol. The highest BCUT2D eigenvalue weighted by Gasteiger charge is 2.26. The average Bonchev–Trinajstić information content (AvgIpc) is 3.08. The summed E-state index contributed by atoms with van der Waals surface area (Å²) in [6.45, 7) is 7.06. The van der Waals surface area contributed by atoms with Crippen molar-refractivity contribution < 1.29 is 4.79 Å². The molecule has 2 aliphatic rings. The van der Waals surface area contributed by atoms with Gasteiger partial charge in [0.1, 0.15) is 12.2 Å². The fourth-order valence-corrected chi connectivity index (χ4v) is 4.04. The van der Waals surface area contributed by atoms with Crippen molar-refractivity contribution in [3.8, 4) is 0 Å². The van der Waals surface area contributed by atoms with Crippen molar-refractivity contribution >= 4 is 6.03 Å². The predicted octanol–water partition coefficient (Wildman–Crippen LogP) is 1.97. The van der Waals surface area contributed by atoms with Gasteiger partial charge in [0, 0.05) is 38.6 Å². The van der Waals surface area contributed by atoms with E-state index in [9.17, 15) is 4.79 Å². The van der Waals surface area contributed by atoms with Crippen molar-refractivity contribution in [2.24, 2.45) is 7.05 Å². The molecule has 2 saturated heterocycles. The van der Waals surface area contributed by atoms with E-state index in [0.717, 1.165) is 44.7 Å². The van der Waals surface area contributed by atoms with Crippen LogP contribution in [0.1, 0.15) is 57.2 Å². The standard InChI is InChI=1S/C18H32N6O/c1-15(23-10-4-3-5-11-23)6-9-19-18(25)24-12-7-16(8-13-24)17-21-20-14-22(17)2/h14-16H,3-13H2,1-2H3,(H,19,25). The summed E-state index contributed by atoms with van der Waals surface area (Å²) in [5, 5.41) is 11.3. The first kappa shape index (κ1) is 18.2. The number of carbonyl (C=O) groups excluding carboxylic acids is 1. The van der Waals surface area contributed by atoms with Crippen LogP contribution in [0.2, 0.25) is 0 Å². The number of aryl methyl sites for hydroxylation is 1. The second-order valence-corrected chi connectivity index (χ2v) is 7.53. The van der Waals surface area contributed by atoms with Gasteiger partial charge in [-0.25, -0.2) is 4.79 Å². The van der Waals surface area contributed by atoms with Gasteiger partial charge in [-0.15, -0.1) is 10.2 Å². The maximum atomic E-state index is 12.4. The first-order chi connectivity index (χ1) is 12.1. The molecular formula is C18H32N6O. The number of hydrogen-bond acceptors (Lipinski definition) is 4. The van der Waals surface area contributed by atoms with Crippen LogP contribution in [0.3, 0.4) is 0 Å². The quantitative estimate of drug-likeness (QED) is 0.883. The van der Waals surface area contributed by atoms with Crippen LogP contribution in [0.5, 0.6) is 0 Å². The molecule has 1 atom stereocenters. The van der Waals surface area contributed by atoms with E-state index >= 15 is 0 Å². The molecule has 1 aromatic heterocycles. The molecule has 2 fully saturated rings. The van der Waals surface area contributed by atoms with Crippen LogP contribution >= 0.6 is 0 Å². The van der Waals surface area contributed by atoms with Crippen LogP contribution in [0.25, 0.3) is 0 Å². The number of amides is 2. The Bertz CT molecular complexity index is 546. The lowest BCUT2D eigenvalue weighted by molar-refractivity contribution is 0.161. The molecule has 0 aliphatic carbocycles. The summed E-state index contributed by atoms with van der Waals surface area (Å²) < 4.78 is 1.99. The molecule has 1 N–H and O–H groups in total. The summed E-state index contributed by atoms with van der Waals surface area (Å²) in [5.41, 5.74) is 0. The fraction of sp³-hybridized carbons (Fsp3) is 0.833. The smallest absolute Gasteiger partial charge is 0.317 e. The van der Waals surface area contributed by atoms with Gasteiger partial charge in [-0.05, 0) is 52.1 Å². The van der Waals surface area contributed by atoms with Crippen molar-refractivity contribution in [1.29, 1.82) is 0 Å². The summed E-state index contributed by atoms with van der Waals surface area (Å²) in [7, 11) is 1.98. The zero-order valence-electron chi connectivity index (χ0n) is 15.7. The minimum absolute atomic E-state index is 0.0854. The van der Waals surface area contributed by atoms with E-state index in [1.807, 2.05) is 16.5 Å². The molecule has 0 spiro atoms. The highest BCUT2D eigenvalue weighted by Crippen LogP contribution is 2.26. The zero-order chi connectivity index (χ0) is 17.6. The van der Waals surface area contributed by atoms with Gasteiger partial charge in [0.2, 0.25) is 0 Å². The third kappa shape index (κ3) is 4.71. The van der Waals surface area contributed by atoms with Crippen LogP contribution in [0.15, 0.2) is 6.33 Å². The molecule has 0 saturated carbocycles. The molecule has 0 aromatic carbocycles. The maximum absolute atomic E-state index is 12.4. The third-order valence-corrected chi connectivity index (χ3v) is 5.75. The number of nitrogens with one attached hydrogen (secondary N) is 1. The summed E-state index contributed by atoms with van der Waals surface area (Å²) in [6.07, 6.45) is 8.70. The molecule has 3 rings (SSSR count). The van der Waals surface area contributed by atoms with E-state index in [2.05, 4.69) is 27.3 Å². The molecule has 140 valence electrons. The molecule has 0 bridgehead atoms. The van der Waals surface area contributed by atoms with Gasteiger partial charge in [-0.2, -0.15) is 0 Å². The van der Waals surface area contributed by atoms with Crippen LogP contribution in [-0.2, 0) is 7.05 Å². The van der Waals surface area contributed by atoms with Crippen LogP contribution in [0.4, 0.5) is 4.79 Å². The fourth-order valence-electron chi connectivity index (χ4n) is 4.04. The topological polar surface area (TPSA) is 66.3 Å². The van der Waals surface area contributed by atoms with Crippen molar-refractivity contribution in [2.45, 2.75) is 57.4 Å². The Morgan fingerprint density at radius 2 is 1.96 bits per heavy atom. The van der Waals surface area contributed by atoms with Crippen molar-refractivity contribution in [1.82, 2.24) is 29.9 Å². The number of aromatic nitrogens is 3. The van der Waals surface area contributed by atoms with Crippen LogP contribution in [0, 0.1) is 0 Å². The zero-order valence-corrected chi connectivity index (χ0v) is 15.7. The number of likely N-dealkylation sites (tertiary alicyclic amines) is 2. The van der Waals surface area contributed by atoms with Crippen LogP contribution in [-0.4, -0.2) is 69.4 Å². The largest absolute Gasteiger partial charge is 0.338 e.